The number of imidazole rings is 1. The quantitative estimate of drug-likeness (QED) is 0.777. The van der Waals surface area contributed by atoms with E-state index in [0.717, 1.165) is 23.4 Å². The summed E-state index contributed by atoms with van der Waals surface area (Å²) < 4.78 is 15.7. The molecule has 0 spiro atoms. The fourth-order valence-electron chi connectivity index (χ4n) is 2.21. The number of aryl methyl sites for hydroxylation is 1. The monoisotopic (exact) mass is 286 g/mol. The minimum Gasteiger partial charge on any atom is -0.328 e. The van der Waals surface area contributed by atoms with Gasteiger partial charge in [-0.2, -0.15) is 0 Å². The van der Waals surface area contributed by atoms with Crippen LogP contribution in [0.5, 0.6) is 0 Å². The van der Waals surface area contributed by atoms with Crippen LogP contribution in [0.1, 0.15) is 18.7 Å². The molecule has 1 aliphatic carbocycles. The predicted octanol–water partition coefficient (Wildman–Crippen LogP) is 4.02. The number of alkyl halides is 1. The van der Waals surface area contributed by atoms with E-state index in [1.54, 1.807) is 6.07 Å². The Morgan fingerprint density at radius 1 is 1.39 bits per heavy atom. The first kappa shape index (κ1) is 12.2. The highest BCUT2D eigenvalue weighted by Crippen LogP contribution is 2.33. The summed E-state index contributed by atoms with van der Waals surface area (Å²) in [6.45, 7) is 0.907. The van der Waals surface area contributed by atoms with E-state index in [1.807, 2.05) is 0 Å². The van der Waals surface area contributed by atoms with Crippen LogP contribution >= 0.6 is 23.2 Å². The number of fused-ring (bicyclic) bond motifs is 1. The van der Waals surface area contributed by atoms with Crippen molar-refractivity contribution in [1.29, 1.82) is 0 Å². The zero-order valence-corrected chi connectivity index (χ0v) is 11.3. The van der Waals surface area contributed by atoms with Gasteiger partial charge in [0.1, 0.15) is 11.6 Å². The van der Waals surface area contributed by atoms with Gasteiger partial charge in [-0.25, -0.2) is 9.37 Å². The zero-order chi connectivity index (χ0) is 12.7. The van der Waals surface area contributed by atoms with Gasteiger partial charge in [0.25, 0.3) is 0 Å². The van der Waals surface area contributed by atoms with Crippen LogP contribution in [-0.2, 0) is 13.0 Å². The van der Waals surface area contributed by atoms with Gasteiger partial charge in [0.05, 0.1) is 16.1 Å². The largest absolute Gasteiger partial charge is 0.328 e. The van der Waals surface area contributed by atoms with Crippen molar-refractivity contribution >= 4 is 34.2 Å². The molecular weight excluding hydrogens is 274 g/mol. The van der Waals surface area contributed by atoms with Crippen molar-refractivity contribution in [2.75, 3.05) is 5.88 Å². The van der Waals surface area contributed by atoms with Gasteiger partial charge in [0, 0.05) is 24.9 Å². The smallest absolute Gasteiger partial charge is 0.144 e. The van der Waals surface area contributed by atoms with Crippen molar-refractivity contribution in [2.24, 2.45) is 5.92 Å². The fourth-order valence-corrected chi connectivity index (χ4v) is 2.53. The van der Waals surface area contributed by atoms with Crippen molar-refractivity contribution in [1.82, 2.24) is 9.55 Å². The number of hydrogen-bond donors (Lipinski definition) is 0. The van der Waals surface area contributed by atoms with E-state index >= 15 is 0 Å². The standard InChI is InChI=1S/C13H13Cl2FN2/c14-4-3-13-17-11-5-9(15)10(16)6-12(11)18(13)7-8-1-2-8/h5-6,8H,1-4,7H2. The molecule has 96 valence electrons. The summed E-state index contributed by atoms with van der Waals surface area (Å²) in [6, 6.07) is 3.07. The maximum atomic E-state index is 13.6. The van der Waals surface area contributed by atoms with E-state index < -0.39 is 5.82 Å². The average Bonchev–Trinajstić information content (AvgIpc) is 3.09. The lowest BCUT2D eigenvalue weighted by atomic mass is 10.3. The van der Waals surface area contributed by atoms with Gasteiger partial charge in [-0.1, -0.05) is 11.6 Å². The number of halogens is 3. The normalized spacial score (nSPS) is 15.5. The van der Waals surface area contributed by atoms with Gasteiger partial charge in [-0.3, -0.25) is 0 Å². The number of benzene rings is 1. The van der Waals surface area contributed by atoms with Crippen LogP contribution in [0, 0.1) is 11.7 Å². The van der Waals surface area contributed by atoms with Gasteiger partial charge >= 0.3 is 0 Å². The summed E-state index contributed by atoms with van der Waals surface area (Å²) in [7, 11) is 0. The average molecular weight is 287 g/mol. The second-order valence-electron chi connectivity index (χ2n) is 4.78. The summed E-state index contributed by atoms with van der Waals surface area (Å²) in [5, 5.41) is 0.121. The molecular formula is C13H13Cl2FN2. The lowest BCUT2D eigenvalue weighted by Crippen LogP contribution is -2.06. The number of nitrogens with zero attached hydrogens (tertiary/aromatic N) is 2. The second kappa shape index (κ2) is 4.71. The molecule has 1 fully saturated rings. The molecule has 1 aromatic heterocycles. The molecule has 0 bridgehead atoms. The lowest BCUT2D eigenvalue weighted by Gasteiger charge is -2.07. The topological polar surface area (TPSA) is 17.8 Å². The van der Waals surface area contributed by atoms with Crippen LogP contribution in [0.4, 0.5) is 4.39 Å². The van der Waals surface area contributed by atoms with E-state index in [-0.39, 0.29) is 5.02 Å². The SMILES string of the molecule is Fc1cc2c(cc1Cl)nc(CCCl)n2CC1CC1. The summed E-state index contributed by atoms with van der Waals surface area (Å²) in [4.78, 5) is 4.51. The van der Waals surface area contributed by atoms with E-state index in [4.69, 9.17) is 23.2 Å². The Hall–Kier alpha value is -0.800. The molecule has 5 heteroatoms. The van der Waals surface area contributed by atoms with Gasteiger partial charge in [-0.05, 0) is 24.8 Å². The molecule has 2 aromatic rings. The molecule has 1 aromatic carbocycles. The Morgan fingerprint density at radius 2 is 2.17 bits per heavy atom. The minimum atomic E-state index is -0.390. The lowest BCUT2D eigenvalue weighted by molar-refractivity contribution is 0.608. The van der Waals surface area contributed by atoms with Gasteiger partial charge in [-0.15, -0.1) is 11.6 Å². The van der Waals surface area contributed by atoms with Crippen molar-refractivity contribution in [3.63, 3.8) is 0 Å². The molecule has 18 heavy (non-hydrogen) atoms. The molecule has 1 saturated carbocycles. The molecule has 0 N–H and O–H groups in total. The third-order valence-electron chi connectivity index (χ3n) is 3.33. The van der Waals surface area contributed by atoms with Gasteiger partial charge < -0.3 is 4.57 Å². The van der Waals surface area contributed by atoms with Crippen LogP contribution in [0.25, 0.3) is 11.0 Å². The first-order valence-corrected chi connectivity index (χ1v) is 7.00. The maximum Gasteiger partial charge on any atom is 0.144 e. The first-order valence-electron chi connectivity index (χ1n) is 6.09. The van der Waals surface area contributed by atoms with E-state index in [1.165, 1.54) is 18.9 Å². The third kappa shape index (κ3) is 2.21. The maximum absolute atomic E-state index is 13.6. The van der Waals surface area contributed by atoms with Crippen LogP contribution in [0.3, 0.4) is 0 Å². The molecule has 0 atom stereocenters. The molecule has 3 rings (SSSR count). The Balaban J connectivity index is 2.13. The summed E-state index contributed by atoms with van der Waals surface area (Å²) in [5.41, 5.74) is 1.58. The van der Waals surface area contributed by atoms with Crippen molar-refractivity contribution in [3.8, 4) is 0 Å². The number of hydrogen-bond acceptors (Lipinski definition) is 1. The first-order chi connectivity index (χ1) is 8.69. The molecule has 0 radical (unpaired) electrons. The summed E-state index contributed by atoms with van der Waals surface area (Å²) >= 11 is 11.6. The third-order valence-corrected chi connectivity index (χ3v) is 3.80. The summed E-state index contributed by atoms with van der Waals surface area (Å²) in [5.74, 6) is 1.76. The van der Waals surface area contributed by atoms with Crippen LogP contribution in [-0.4, -0.2) is 15.4 Å². The van der Waals surface area contributed by atoms with Crippen molar-refractivity contribution < 1.29 is 4.39 Å². The van der Waals surface area contributed by atoms with E-state index in [9.17, 15) is 4.39 Å². The molecule has 1 aliphatic rings. The molecule has 0 saturated heterocycles. The molecule has 1 heterocycles. The van der Waals surface area contributed by atoms with Crippen LogP contribution < -0.4 is 0 Å². The van der Waals surface area contributed by atoms with Crippen molar-refractivity contribution in [3.05, 3.63) is 28.8 Å². The molecule has 0 unspecified atom stereocenters. The second-order valence-corrected chi connectivity index (χ2v) is 5.56. The predicted molar refractivity (Wildman–Crippen MR) is 71.8 cm³/mol. The highest BCUT2D eigenvalue weighted by atomic mass is 35.5. The van der Waals surface area contributed by atoms with Gasteiger partial charge in [0.2, 0.25) is 0 Å². The van der Waals surface area contributed by atoms with Crippen molar-refractivity contribution in [2.45, 2.75) is 25.8 Å². The van der Waals surface area contributed by atoms with E-state index in [0.29, 0.717) is 18.2 Å². The Bertz CT molecular complexity index is 590. The van der Waals surface area contributed by atoms with Crippen LogP contribution in [0.15, 0.2) is 12.1 Å². The molecule has 2 nitrogen and oxygen atoms in total. The highest BCUT2D eigenvalue weighted by molar-refractivity contribution is 6.31. The zero-order valence-electron chi connectivity index (χ0n) is 9.80. The molecule has 0 aliphatic heterocycles. The Morgan fingerprint density at radius 3 is 2.83 bits per heavy atom. The highest BCUT2D eigenvalue weighted by Gasteiger charge is 2.24. The fraction of sp³-hybridized carbons (Fsp3) is 0.462. The number of rotatable bonds is 4. The van der Waals surface area contributed by atoms with Gasteiger partial charge in [0.15, 0.2) is 0 Å². The Labute approximate surface area is 115 Å². The number of aromatic nitrogens is 2. The van der Waals surface area contributed by atoms with Crippen LogP contribution in [0.2, 0.25) is 5.02 Å². The Kier molecular flexibility index (Phi) is 3.20. The molecule has 0 amide bonds. The minimum absolute atomic E-state index is 0.121. The van der Waals surface area contributed by atoms with E-state index in [2.05, 4.69) is 9.55 Å². The summed E-state index contributed by atoms with van der Waals surface area (Å²) in [6.07, 6.45) is 3.19.